The number of sulfone groups is 1. The van der Waals surface area contributed by atoms with E-state index >= 15 is 0 Å². The predicted molar refractivity (Wildman–Crippen MR) is 53.6 cm³/mol. The van der Waals surface area contributed by atoms with Gasteiger partial charge in [-0.05, 0) is 20.5 Å². The maximum absolute atomic E-state index is 11.1. The van der Waals surface area contributed by atoms with Gasteiger partial charge in [0.25, 0.3) is 0 Å². The zero-order valence-corrected chi connectivity index (χ0v) is 10.2. The Morgan fingerprint density at radius 3 is 2.50 bits per heavy atom. The van der Waals surface area contributed by atoms with Crippen molar-refractivity contribution in [1.29, 1.82) is 0 Å². The highest BCUT2D eigenvalue weighted by atomic mass is 35.5. The Balaban J connectivity index is 0.00000169. The molecule has 1 aliphatic rings. The summed E-state index contributed by atoms with van der Waals surface area (Å²) in [6.45, 7) is 1.82. The first kappa shape index (κ1) is 14.2. The lowest BCUT2D eigenvalue weighted by atomic mass is 10.2. The van der Waals surface area contributed by atoms with Crippen LogP contribution >= 0.6 is 0 Å². The van der Waals surface area contributed by atoms with E-state index in [-0.39, 0.29) is 18.4 Å². The van der Waals surface area contributed by atoms with E-state index in [1.807, 2.05) is 14.1 Å². The van der Waals surface area contributed by atoms with Gasteiger partial charge in [0, 0.05) is 19.1 Å². The molecule has 0 aromatic heterocycles. The fourth-order valence-corrected chi connectivity index (χ4v) is 3.16. The van der Waals surface area contributed by atoms with E-state index in [1.165, 1.54) is 0 Å². The molecule has 6 heteroatoms. The summed E-state index contributed by atoms with van der Waals surface area (Å²) < 4.78 is 22.2. The van der Waals surface area contributed by atoms with Crippen LogP contribution in [0.15, 0.2) is 0 Å². The van der Waals surface area contributed by atoms with Gasteiger partial charge in [-0.2, -0.15) is 0 Å². The summed E-state index contributed by atoms with van der Waals surface area (Å²) in [5.74, 6) is 0.674. The molecule has 1 heterocycles. The minimum Gasteiger partial charge on any atom is -1.00 e. The summed E-state index contributed by atoms with van der Waals surface area (Å²) in [7, 11) is 1.29. The number of nitrogens with one attached hydrogen (secondary N) is 1. The second-order valence-electron chi connectivity index (χ2n) is 3.86. The standard InChI is InChI=1S/C8H18N2O2S.ClH/c1-10(2)5-4-9-8-3-6-13(11,12)7-8;/h8-9H,3-7H2,1-2H3;1H/p-1. The van der Waals surface area contributed by atoms with Crippen LogP contribution in [-0.2, 0) is 9.84 Å². The van der Waals surface area contributed by atoms with E-state index in [9.17, 15) is 8.42 Å². The van der Waals surface area contributed by atoms with Crippen molar-refractivity contribution in [2.75, 3.05) is 38.7 Å². The van der Waals surface area contributed by atoms with Gasteiger partial charge in [0.05, 0.1) is 11.5 Å². The monoisotopic (exact) mass is 241 g/mol. The molecule has 0 radical (unpaired) electrons. The zero-order valence-electron chi connectivity index (χ0n) is 8.66. The van der Waals surface area contributed by atoms with Crippen LogP contribution in [0.4, 0.5) is 0 Å². The first-order valence-corrected chi connectivity index (χ1v) is 6.40. The molecule has 0 saturated carbocycles. The van der Waals surface area contributed by atoms with E-state index in [0.717, 1.165) is 19.5 Å². The quantitative estimate of drug-likeness (QED) is 0.551. The van der Waals surface area contributed by atoms with Crippen molar-refractivity contribution in [3.05, 3.63) is 0 Å². The number of halogens is 1. The highest BCUT2D eigenvalue weighted by Gasteiger charge is 2.26. The van der Waals surface area contributed by atoms with Gasteiger partial charge in [0.1, 0.15) is 0 Å². The predicted octanol–water partition coefficient (Wildman–Crippen LogP) is -3.67. The van der Waals surface area contributed by atoms with E-state index in [4.69, 9.17) is 0 Å². The number of hydrogen-bond donors (Lipinski definition) is 1. The van der Waals surface area contributed by atoms with E-state index in [2.05, 4.69) is 10.2 Å². The minimum absolute atomic E-state index is 0. The van der Waals surface area contributed by atoms with Gasteiger partial charge in [0.2, 0.25) is 0 Å². The Labute approximate surface area is 92.4 Å². The molecule has 0 amide bonds. The average Bonchev–Trinajstić information content (AvgIpc) is 2.29. The summed E-state index contributed by atoms with van der Waals surface area (Å²) in [6, 6.07) is 0.185. The molecule has 4 nitrogen and oxygen atoms in total. The molecule has 1 N–H and O–H groups in total. The molecule has 1 aliphatic heterocycles. The fraction of sp³-hybridized carbons (Fsp3) is 1.00. The van der Waals surface area contributed by atoms with Crippen LogP contribution in [0.1, 0.15) is 6.42 Å². The van der Waals surface area contributed by atoms with Crippen molar-refractivity contribution in [2.45, 2.75) is 12.5 Å². The van der Waals surface area contributed by atoms with Crippen LogP contribution in [0.25, 0.3) is 0 Å². The second-order valence-corrected chi connectivity index (χ2v) is 6.09. The van der Waals surface area contributed by atoms with Crippen molar-refractivity contribution < 1.29 is 20.8 Å². The zero-order chi connectivity index (χ0) is 9.90. The van der Waals surface area contributed by atoms with Gasteiger partial charge in [0.15, 0.2) is 9.84 Å². The van der Waals surface area contributed by atoms with Gasteiger partial charge in [-0.15, -0.1) is 0 Å². The Morgan fingerprint density at radius 2 is 2.07 bits per heavy atom. The maximum atomic E-state index is 11.1. The topological polar surface area (TPSA) is 49.4 Å². The lowest BCUT2D eigenvalue weighted by Crippen LogP contribution is -3.00. The van der Waals surface area contributed by atoms with Crippen molar-refractivity contribution in [3.8, 4) is 0 Å². The molecule has 1 rings (SSSR count). The van der Waals surface area contributed by atoms with Crippen LogP contribution in [0.3, 0.4) is 0 Å². The number of likely N-dealkylation sites (N-methyl/N-ethyl adjacent to an activating group) is 1. The minimum atomic E-state index is -2.72. The van der Waals surface area contributed by atoms with Gasteiger partial charge in [-0.25, -0.2) is 8.42 Å². The molecule has 1 unspecified atom stereocenters. The Bertz CT molecular complexity index is 254. The van der Waals surface area contributed by atoms with Gasteiger partial charge in [-0.3, -0.25) is 0 Å². The highest BCUT2D eigenvalue weighted by molar-refractivity contribution is 7.91. The van der Waals surface area contributed by atoms with Crippen LogP contribution in [0.2, 0.25) is 0 Å². The van der Waals surface area contributed by atoms with E-state index in [1.54, 1.807) is 0 Å². The van der Waals surface area contributed by atoms with Gasteiger partial charge >= 0.3 is 0 Å². The van der Waals surface area contributed by atoms with Crippen LogP contribution in [0, 0.1) is 0 Å². The van der Waals surface area contributed by atoms with E-state index in [0.29, 0.717) is 11.5 Å². The third kappa shape index (κ3) is 5.14. The number of nitrogens with zero attached hydrogens (tertiary/aromatic N) is 1. The molecule has 0 aromatic rings. The summed E-state index contributed by atoms with van der Waals surface area (Å²) in [5, 5.41) is 3.25. The molecule has 1 fully saturated rings. The summed E-state index contributed by atoms with van der Waals surface area (Å²) in [5.41, 5.74) is 0. The molecular weight excluding hydrogens is 224 g/mol. The van der Waals surface area contributed by atoms with Crippen molar-refractivity contribution in [1.82, 2.24) is 10.2 Å². The Morgan fingerprint density at radius 1 is 1.43 bits per heavy atom. The molecule has 14 heavy (non-hydrogen) atoms. The lowest BCUT2D eigenvalue weighted by Gasteiger charge is -2.13. The maximum Gasteiger partial charge on any atom is 0.151 e. The first-order valence-electron chi connectivity index (χ1n) is 4.58. The Hall–Kier alpha value is 0.160. The summed E-state index contributed by atoms with van der Waals surface area (Å²) >= 11 is 0. The number of rotatable bonds is 4. The molecule has 86 valence electrons. The average molecular weight is 242 g/mol. The molecule has 1 saturated heterocycles. The SMILES string of the molecule is CN(C)CCNC1CCS(=O)(=O)C1.[Cl-]. The molecule has 0 bridgehead atoms. The smallest absolute Gasteiger partial charge is 0.151 e. The van der Waals surface area contributed by atoms with Crippen molar-refractivity contribution in [2.24, 2.45) is 0 Å². The lowest BCUT2D eigenvalue weighted by molar-refractivity contribution is -0.00000544. The van der Waals surface area contributed by atoms with Gasteiger partial charge in [-0.1, -0.05) is 0 Å². The third-order valence-corrected chi connectivity index (χ3v) is 3.99. The summed E-state index contributed by atoms with van der Waals surface area (Å²) in [6.07, 6.45) is 0.774. The van der Waals surface area contributed by atoms with Crippen LogP contribution in [-0.4, -0.2) is 58.1 Å². The summed E-state index contributed by atoms with van der Waals surface area (Å²) in [4.78, 5) is 2.08. The first-order chi connectivity index (χ1) is 5.99. The van der Waals surface area contributed by atoms with Gasteiger partial charge < -0.3 is 22.6 Å². The van der Waals surface area contributed by atoms with E-state index < -0.39 is 9.84 Å². The molecule has 1 atom stereocenters. The Kier molecular flexibility index (Phi) is 5.97. The normalized spacial score (nSPS) is 24.9. The molecule has 0 aromatic carbocycles. The van der Waals surface area contributed by atoms with Crippen LogP contribution in [0.5, 0.6) is 0 Å². The molecular formula is C8H18ClN2O2S-. The van der Waals surface area contributed by atoms with Crippen molar-refractivity contribution >= 4 is 9.84 Å². The fourth-order valence-electron chi connectivity index (χ4n) is 1.45. The van der Waals surface area contributed by atoms with Crippen LogP contribution < -0.4 is 17.7 Å². The molecule has 0 spiro atoms. The molecule has 0 aliphatic carbocycles. The number of hydrogen-bond acceptors (Lipinski definition) is 4. The third-order valence-electron chi connectivity index (χ3n) is 2.22. The van der Waals surface area contributed by atoms with Crippen molar-refractivity contribution in [3.63, 3.8) is 0 Å². The highest BCUT2D eigenvalue weighted by Crippen LogP contribution is 2.10. The largest absolute Gasteiger partial charge is 1.00 e. The second kappa shape index (κ2) is 5.90.